The van der Waals surface area contributed by atoms with Crippen molar-refractivity contribution in [2.75, 3.05) is 5.32 Å². The van der Waals surface area contributed by atoms with Gasteiger partial charge in [0.25, 0.3) is 0 Å². The molecule has 0 atom stereocenters. The average molecular weight is 332 g/mol. The number of carbonyl (C=O) groups is 1. The number of amides is 1. The molecule has 0 radical (unpaired) electrons. The molecule has 2 heterocycles. The number of nitrogens with one attached hydrogen (secondary N) is 1. The summed E-state index contributed by atoms with van der Waals surface area (Å²) in [4.78, 5) is 16.3. The summed E-state index contributed by atoms with van der Waals surface area (Å²) in [5, 5.41) is 11.3. The minimum atomic E-state index is -0.192. The van der Waals surface area contributed by atoms with Gasteiger partial charge in [-0.25, -0.2) is 9.67 Å². The lowest BCUT2D eigenvalue weighted by Crippen LogP contribution is -2.16. The minimum absolute atomic E-state index is 0.171. The number of hydrogen-bond acceptors (Lipinski definition) is 5. The van der Waals surface area contributed by atoms with E-state index < -0.39 is 0 Å². The number of aryl methyl sites for hydroxylation is 2. The largest absolute Gasteiger partial charge is 0.361 e. The maximum absolute atomic E-state index is 12.3. The molecule has 3 aromatic rings. The van der Waals surface area contributed by atoms with E-state index in [1.165, 1.54) is 6.33 Å². The first-order valence-corrected chi connectivity index (χ1v) is 7.28. The average Bonchev–Trinajstić information content (AvgIpc) is 3.13. The molecule has 3 rings (SSSR count). The topological polar surface area (TPSA) is 85.8 Å². The number of aromatic nitrogens is 4. The zero-order valence-electron chi connectivity index (χ0n) is 12.6. The van der Waals surface area contributed by atoms with Gasteiger partial charge >= 0.3 is 0 Å². The van der Waals surface area contributed by atoms with Gasteiger partial charge < -0.3 is 9.84 Å². The number of carbonyl (C=O) groups excluding carboxylic acids is 1. The first kappa shape index (κ1) is 15.2. The smallest absolute Gasteiger partial charge is 0.229 e. The lowest BCUT2D eigenvalue weighted by molar-refractivity contribution is -0.115. The summed E-state index contributed by atoms with van der Waals surface area (Å²) in [7, 11) is 0. The van der Waals surface area contributed by atoms with E-state index >= 15 is 0 Å². The van der Waals surface area contributed by atoms with E-state index in [0.717, 1.165) is 5.56 Å². The van der Waals surface area contributed by atoms with Crippen molar-refractivity contribution < 1.29 is 9.32 Å². The highest BCUT2D eigenvalue weighted by molar-refractivity contribution is 6.31. The van der Waals surface area contributed by atoms with E-state index in [4.69, 9.17) is 16.1 Å². The zero-order chi connectivity index (χ0) is 16.4. The molecule has 0 aliphatic rings. The molecule has 1 amide bonds. The lowest BCUT2D eigenvalue weighted by Gasteiger charge is -2.11. The number of nitrogens with zero attached hydrogens (tertiary/aromatic N) is 4. The van der Waals surface area contributed by atoms with Crippen molar-refractivity contribution in [3.05, 3.63) is 52.9 Å². The molecule has 8 heteroatoms. The molecule has 1 N–H and O–H groups in total. The Morgan fingerprint density at radius 1 is 1.39 bits per heavy atom. The second kappa shape index (κ2) is 6.21. The van der Waals surface area contributed by atoms with Crippen LogP contribution in [0.2, 0.25) is 5.02 Å². The Morgan fingerprint density at radius 2 is 2.22 bits per heavy atom. The first-order chi connectivity index (χ1) is 11.0. The van der Waals surface area contributed by atoms with Gasteiger partial charge in [0.05, 0.1) is 23.5 Å². The van der Waals surface area contributed by atoms with Crippen LogP contribution >= 0.6 is 11.6 Å². The van der Waals surface area contributed by atoms with Crippen LogP contribution in [0, 0.1) is 13.8 Å². The predicted molar refractivity (Wildman–Crippen MR) is 84.7 cm³/mol. The van der Waals surface area contributed by atoms with Crippen LogP contribution in [0.1, 0.15) is 17.0 Å². The number of halogens is 1. The van der Waals surface area contributed by atoms with E-state index in [9.17, 15) is 4.79 Å². The molecule has 0 bridgehead atoms. The molecule has 2 aromatic heterocycles. The van der Waals surface area contributed by atoms with E-state index in [1.54, 1.807) is 43.1 Å². The monoisotopic (exact) mass is 331 g/mol. The normalized spacial score (nSPS) is 10.7. The summed E-state index contributed by atoms with van der Waals surface area (Å²) >= 11 is 6.03. The molecule has 0 aliphatic carbocycles. The third kappa shape index (κ3) is 3.24. The van der Waals surface area contributed by atoms with Crippen molar-refractivity contribution >= 4 is 23.2 Å². The summed E-state index contributed by atoms with van der Waals surface area (Å²) in [6.45, 7) is 3.59. The molecule has 0 saturated heterocycles. The quantitative estimate of drug-likeness (QED) is 0.794. The molecule has 0 unspecified atom stereocenters. The summed E-state index contributed by atoms with van der Waals surface area (Å²) in [5.74, 6) is 0.447. The van der Waals surface area contributed by atoms with Gasteiger partial charge in [-0.1, -0.05) is 16.8 Å². The Bertz CT molecular complexity index is 822. The summed E-state index contributed by atoms with van der Waals surface area (Å²) < 4.78 is 6.63. The fourth-order valence-corrected chi connectivity index (χ4v) is 2.42. The van der Waals surface area contributed by atoms with Crippen LogP contribution in [-0.4, -0.2) is 25.8 Å². The Morgan fingerprint density at radius 3 is 2.87 bits per heavy atom. The molecule has 7 nitrogen and oxygen atoms in total. The van der Waals surface area contributed by atoms with Crippen LogP contribution in [0.25, 0.3) is 5.69 Å². The second-order valence-corrected chi connectivity index (χ2v) is 5.47. The summed E-state index contributed by atoms with van der Waals surface area (Å²) in [5.41, 5.74) is 2.73. The fraction of sp³-hybridized carbons (Fsp3) is 0.200. The van der Waals surface area contributed by atoms with E-state index in [2.05, 4.69) is 20.6 Å². The molecule has 1 aromatic carbocycles. The van der Waals surface area contributed by atoms with Crippen molar-refractivity contribution in [3.63, 3.8) is 0 Å². The summed E-state index contributed by atoms with van der Waals surface area (Å²) in [6.07, 6.45) is 3.14. The van der Waals surface area contributed by atoms with Gasteiger partial charge in [0.1, 0.15) is 18.4 Å². The Kier molecular flexibility index (Phi) is 4.12. The Balaban J connectivity index is 1.85. The van der Waals surface area contributed by atoms with E-state index in [0.29, 0.717) is 27.9 Å². The molecule has 23 heavy (non-hydrogen) atoms. The molecule has 0 fully saturated rings. The van der Waals surface area contributed by atoms with Crippen LogP contribution in [0.4, 0.5) is 5.69 Å². The molecular formula is C15H14ClN5O2. The third-order valence-corrected chi connectivity index (χ3v) is 3.65. The predicted octanol–water partition coefficient (Wildman–Crippen LogP) is 2.71. The van der Waals surface area contributed by atoms with Gasteiger partial charge in [0.15, 0.2) is 0 Å². The molecule has 0 aliphatic heterocycles. The van der Waals surface area contributed by atoms with Crippen LogP contribution < -0.4 is 5.32 Å². The van der Waals surface area contributed by atoms with Crippen molar-refractivity contribution in [3.8, 4) is 5.69 Å². The number of benzene rings is 1. The number of anilines is 1. The van der Waals surface area contributed by atoms with Crippen molar-refractivity contribution in [2.24, 2.45) is 0 Å². The SMILES string of the molecule is Cc1noc(C)c1CC(=O)Nc1cc(Cl)ccc1-n1cncn1. The molecule has 0 spiro atoms. The van der Waals surface area contributed by atoms with Gasteiger partial charge in [-0.15, -0.1) is 0 Å². The Labute approximate surface area is 137 Å². The van der Waals surface area contributed by atoms with Gasteiger partial charge in [-0.3, -0.25) is 4.79 Å². The number of hydrogen-bond donors (Lipinski definition) is 1. The highest BCUT2D eigenvalue weighted by atomic mass is 35.5. The van der Waals surface area contributed by atoms with Crippen LogP contribution in [0.15, 0.2) is 35.4 Å². The highest BCUT2D eigenvalue weighted by Crippen LogP contribution is 2.24. The Hall–Kier alpha value is -2.67. The van der Waals surface area contributed by atoms with Gasteiger partial charge in [-0.05, 0) is 32.0 Å². The summed E-state index contributed by atoms with van der Waals surface area (Å²) in [6, 6.07) is 5.16. The van der Waals surface area contributed by atoms with Gasteiger partial charge in [0, 0.05) is 10.6 Å². The molecular weight excluding hydrogens is 318 g/mol. The zero-order valence-corrected chi connectivity index (χ0v) is 13.3. The highest BCUT2D eigenvalue weighted by Gasteiger charge is 2.15. The number of rotatable bonds is 4. The van der Waals surface area contributed by atoms with Gasteiger partial charge in [0.2, 0.25) is 5.91 Å². The van der Waals surface area contributed by atoms with Crippen LogP contribution in [-0.2, 0) is 11.2 Å². The van der Waals surface area contributed by atoms with Crippen molar-refractivity contribution in [1.29, 1.82) is 0 Å². The fourth-order valence-electron chi connectivity index (χ4n) is 2.25. The second-order valence-electron chi connectivity index (χ2n) is 5.03. The first-order valence-electron chi connectivity index (χ1n) is 6.90. The van der Waals surface area contributed by atoms with Crippen LogP contribution in [0.3, 0.4) is 0 Å². The lowest BCUT2D eigenvalue weighted by atomic mass is 10.1. The van der Waals surface area contributed by atoms with E-state index in [-0.39, 0.29) is 12.3 Å². The van der Waals surface area contributed by atoms with Crippen molar-refractivity contribution in [2.45, 2.75) is 20.3 Å². The van der Waals surface area contributed by atoms with Crippen LogP contribution in [0.5, 0.6) is 0 Å². The maximum atomic E-state index is 12.3. The molecule has 118 valence electrons. The van der Waals surface area contributed by atoms with Gasteiger partial charge in [-0.2, -0.15) is 5.10 Å². The van der Waals surface area contributed by atoms with E-state index in [1.807, 2.05) is 0 Å². The standard InChI is InChI=1S/C15H14ClN5O2/c1-9-12(10(2)23-20-9)6-15(22)19-13-5-11(16)3-4-14(13)21-8-17-7-18-21/h3-5,7-8H,6H2,1-2H3,(H,19,22). The third-order valence-electron chi connectivity index (χ3n) is 3.42. The molecule has 0 saturated carbocycles. The van der Waals surface area contributed by atoms with Crippen molar-refractivity contribution in [1.82, 2.24) is 19.9 Å². The minimum Gasteiger partial charge on any atom is -0.361 e. The maximum Gasteiger partial charge on any atom is 0.229 e.